The molecule has 0 aliphatic carbocycles. The summed E-state index contributed by atoms with van der Waals surface area (Å²) in [6, 6.07) is 0.0123. The average Bonchev–Trinajstić information content (AvgIpc) is 3.01. The molecule has 3 heterocycles. The van der Waals surface area contributed by atoms with Crippen LogP contribution >= 0.6 is 11.3 Å². The maximum Gasteiger partial charge on any atom is 0.239 e. The molecule has 1 aromatic heterocycles. The molecule has 0 spiro atoms. The number of hydrogen-bond donors (Lipinski definition) is 0. The predicted molar refractivity (Wildman–Crippen MR) is 90.5 cm³/mol. The van der Waals surface area contributed by atoms with Crippen LogP contribution in [0.2, 0.25) is 0 Å². The molecule has 2 aliphatic rings. The van der Waals surface area contributed by atoms with Gasteiger partial charge in [0, 0.05) is 44.6 Å². The van der Waals surface area contributed by atoms with Gasteiger partial charge < -0.3 is 9.80 Å². The second kappa shape index (κ2) is 6.96. The number of rotatable bonds is 3. The van der Waals surface area contributed by atoms with Gasteiger partial charge >= 0.3 is 0 Å². The second-order valence-corrected chi connectivity index (χ2v) is 7.19. The lowest BCUT2D eigenvalue weighted by Gasteiger charge is -2.39. The summed E-state index contributed by atoms with van der Waals surface area (Å²) >= 11 is 1.72. The topological polar surface area (TPSA) is 39.7 Å². The molecule has 1 aromatic rings. The maximum atomic E-state index is 12.6. The van der Waals surface area contributed by atoms with Gasteiger partial charge in [0.25, 0.3) is 0 Å². The van der Waals surface area contributed by atoms with Gasteiger partial charge in [0.15, 0.2) is 5.13 Å². The normalized spacial score (nSPS) is 21.9. The van der Waals surface area contributed by atoms with Gasteiger partial charge in [-0.3, -0.25) is 9.69 Å². The monoisotopic (exact) mass is 322 g/mol. The molecule has 2 saturated heterocycles. The molecule has 2 aliphatic heterocycles. The van der Waals surface area contributed by atoms with Crippen LogP contribution in [0.3, 0.4) is 0 Å². The zero-order valence-electron chi connectivity index (χ0n) is 13.6. The number of carbonyl (C=O) groups is 1. The van der Waals surface area contributed by atoms with Crippen molar-refractivity contribution >= 4 is 22.4 Å². The third-order valence-corrected chi connectivity index (χ3v) is 5.78. The molecule has 3 rings (SSSR count). The Hall–Kier alpha value is -1.14. The number of aromatic nitrogens is 1. The van der Waals surface area contributed by atoms with Crippen molar-refractivity contribution in [2.75, 3.05) is 44.2 Å². The molecule has 0 radical (unpaired) electrons. The molecule has 1 amide bonds. The van der Waals surface area contributed by atoms with Crippen LogP contribution in [0.25, 0.3) is 0 Å². The second-order valence-electron chi connectivity index (χ2n) is 6.36. The van der Waals surface area contributed by atoms with E-state index in [4.69, 9.17) is 0 Å². The van der Waals surface area contributed by atoms with E-state index in [0.717, 1.165) is 62.9 Å². The van der Waals surface area contributed by atoms with Gasteiger partial charge in [-0.25, -0.2) is 4.98 Å². The summed E-state index contributed by atoms with van der Waals surface area (Å²) in [5, 5.41) is 3.22. The van der Waals surface area contributed by atoms with E-state index in [1.165, 1.54) is 6.42 Å². The predicted octanol–water partition coefficient (Wildman–Crippen LogP) is 1.97. The summed E-state index contributed by atoms with van der Waals surface area (Å²) in [5.74, 6) is 0.318. The van der Waals surface area contributed by atoms with Crippen molar-refractivity contribution in [1.29, 1.82) is 0 Å². The van der Waals surface area contributed by atoms with Gasteiger partial charge in [0.1, 0.15) is 0 Å². The van der Waals surface area contributed by atoms with E-state index in [9.17, 15) is 4.79 Å². The van der Waals surface area contributed by atoms with E-state index in [1.807, 2.05) is 6.92 Å². The summed E-state index contributed by atoms with van der Waals surface area (Å²) in [6.07, 6.45) is 3.59. The standard InChI is InChI=1S/C16H26N4OS/c1-13-12-22-16(17-13)20-10-8-18(9-11-20)14(2)15(21)19-6-4-3-5-7-19/h12,14H,3-11H2,1-2H3/t14-/m1/s1. The van der Waals surface area contributed by atoms with Crippen LogP contribution < -0.4 is 4.90 Å². The number of hydrogen-bond acceptors (Lipinski definition) is 5. The zero-order valence-corrected chi connectivity index (χ0v) is 14.4. The largest absolute Gasteiger partial charge is 0.346 e. The summed E-state index contributed by atoms with van der Waals surface area (Å²) < 4.78 is 0. The smallest absolute Gasteiger partial charge is 0.239 e. The lowest BCUT2D eigenvalue weighted by Crippen LogP contribution is -2.55. The minimum atomic E-state index is 0.0123. The lowest BCUT2D eigenvalue weighted by atomic mass is 10.1. The lowest BCUT2D eigenvalue weighted by molar-refractivity contribution is -0.137. The first-order valence-electron chi connectivity index (χ1n) is 8.35. The van der Waals surface area contributed by atoms with E-state index < -0.39 is 0 Å². The van der Waals surface area contributed by atoms with Crippen LogP contribution in [0.15, 0.2) is 5.38 Å². The summed E-state index contributed by atoms with van der Waals surface area (Å²) in [4.78, 5) is 23.9. The van der Waals surface area contributed by atoms with Gasteiger partial charge in [0.2, 0.25) is 5.91 Å². The van der Waals surface area contributed by atoms with Gasteiger partial charge in [-0.15, -0.1) is 11.3 Å². The maximum absolute atomic E-state index is 12.6. The third kappa shape index (κ3) is 3.43. The van der Waals surface area contributed by atoms with Gasteiger partial charge in [-0.05, 0) is 33.1 Å². The van der Waals surface area contributed by atoms with Crippen molar-refractivity contribution in [2.24, 2.45) is 0 Å². The van der Waals surface area contributed by atoms with Crippen LogP contribution in [-0.2, 0) is 4.79 Å². The van der Waals surface area contributed by atoms with Crippen molar-refractivity contribution < 1.29 is 4.79 Å². The molecule has 1 atom stereocenters. The van der Waals surface area contributed by atoms with E-state index in [2.05, 4.69) is 32.0 Å². The first-order chi connectivity index (χ1) is 10.6. The van der Waals surface area contributed by atoms with E-state index >= 15 is 0 Å². The van der Waals surface area contributed by atoms with Crippen molar-refractivity contribution in [1.82, 2.24) is 14.8 Å². The Morgan fingerprint density at radius 1 is 1.14 bits per heavy atom. The molecule has 0 saturated carbocycles. The number of anilines is 1. The number of piperazine rings is 1. The fourth-order valence-corrected chi connectivity index (χ4v) is 4.18. The van der Waals surface area contributed by atoms with Crippen LogP contribution in [-0.4, -0.2) is 66.0 Å². The summed E-state index contributed by atoms with van der Waals surface area (Å²) in [7, 11) is 0. The highest BCUT2D eigenvalue weighted by atomic mass is 32.1. The average molecular weight is 322 g/mol. The number of nitrogens with zero attached hydrogens (tertiary/aromatic N) is 4. The minimum Gasteiger partial charge on any atom is -0.346 e. The van der Waals surface area contributed by atoms with Crippen molar-refractivity contribution in [3.63, 3.8) is 0 Å². The highest BCUT2D eigenvalue weighted by molar-refractivity contribution is 7.13. The van der Waals surface area contributed by atoms with Crippen molar-refractivity contribution in [2.45, 2.75) is 39.2 Å². The zero-order chi connectivity index (χ0) is 15.5. The Kier molecular flexibility index (Phi) is 4.98. The molecule has 5 nitrogen and oxygen atoms in total. The highest BCUT2D eigenvalue weighted by Crippen LogP contribution is 2.22. The molecular weight excluding hydrogens is 296 g/mol. The van der Waals surface area contributed by atoms with Gasteiger partial charge in [0.05, 0.1) is 11.7 Å². The number of aryl methyl sites for hydroxylation is 1. The number of likely N-dealkylation sites (tertiary alicyclic amines) is 1. The molecule has 0 N–H and O–H groups in total. The Bertz CT molecular complexity index is 504. The molecule has 6 heteroatoms. The Balaban J connectivity index is 1.53. The molecule has 2 fully saturated rings. The summed E-state index contributed by atoms with van der Waals surface area (Å²) in [5.41, 5.74) is 1.09. The molecular formula is C16H26N4OS. The van der Waals surface area contributed by atoms with Crippen LogP contribution in [0, 0.1) is 6.92 Å². The minimum absolute atomic E-state index is 0.0123. The fourth-order valence-electron chi connectivity index (χ4n) is 3.32. The van der Waals surface area contributed by atoms with Crippen molar-refractivity contribution in [3.8, 4) is 0 Å². The van der Waals surface area contributed by atoms with Crippen LogP contribution in [0.5, 0.6) is 0 Å². The highest BCUT2D eigenvalue weighted by Gasteiger charge is 2.29. The summed E-state index contributed by atoms with van der Waals surface area (Å²) in [6.45, 7) is 9.81. The Morgan fingerprint density at radius 2 is 1.82 bits per heavy atom. The molecule has 22 heavy (non-hydrogen) atoms. The number of thiazole rings is 1. The third-order valence-electron chi connectivity index (χ3n) is 4.76. The quantitative estimate of drug-likeness (QED) is 0.853. The van der Waals surface area contributed by atoms with Gasteiger partial charge in [-0.1, -0.05) is 0 Å². The molecule has 0 unspecified atom stereocenters. The number of carbonyl (C=O) groups excluding carboxylic acids is 1. The number of piperidine rings is 1. The number of amides is 1. The van der Waals surface area contributed by atoms with E-state index in [-0.39, 0.29) is 6.04 Å². The fraction of sp³-hybridized carbons (Fsp3) is 0.750. The SMILES string of the molecule is Cc1csc(N2CCN([C@H](C)C(=O)N3CCCCC3)CC2)n1. The van der Waals surface area contributed by atoms with Crippen molar-refractivity contribution in [3.05, 3.63) is 11.1 Å². The van der Waals surface area contributed by atoms with Crippen LogP contribution in [0.4, 0.5) is 5.13 Å². The molecule has 122 valence electrons. The van der Waals surface area contributed by atoms with E-state index in [0.29, 0.717) is 5.91 Å². The Labute approximate surface area is 136 Å². The van der Waals surface area contributed by atoms with E-state index in [1.54, 1.807) is 11.3 Å². The molecule has 0 bridgehead atoms. The Morgan fingerprint density at radius 3 is 2.41 bits per heavy atom. The molecule has 0 aromatic carbocycles. The van der Waals surface area contributed by atoms with Crippen LogP contribution in [0.1, 0.15) is 31.9 Å². The van der Waals surface area contributed by atoms with Gasteiger partial charge in [-0.2, -0.15) is 0 Å². The first-order valence-corrected chi connectivity index (χ1v) is 9.23. The first kappa shape index (κ1) is 15.7.